The molecule has 1 saturated heterocycles. The number of nitrogens with zero attached hydrogens (tertiary/aromatic N) is 1. The number of carbonyl (C=O) groups is 4. The Balaban J connectivity index is 1.17. The maximum atomic E-state index is 14.2. The molecule has 4 aromatic carbocycles. The van der Waals surface area contributed by atoms with Gasteiger partial charge in [0.25, 0.3) is 5.91 Å². The van der Waals surface area contributed by atoms with Gasteiger partial charge < -0.3 is 19.8 Å². The zero-order valence-electron chi connectivity index (χ0n) is 24.9. The number of anilines is 2. The number of fused-ring (bicyclic) bond motifs is 3. The first kappa shape index (κ1) is 30.5. The molecule has 5 aromatic rings. The van der Waals surface area contributed by atoms with Gasteiger partial charge in [-0.2, -0.15) is 0 Å². The van der Waals surface area contributed by atoms with Crippen LogP contribution in [0.5, 0.6) is 5.75 Å². The van der Waals surface area contributed by atoms with Crippen LogP contribution in [0.15, 0.2) is 101 Å². The van der Waals surface area contributed by atoms with E-state index in [1.165, 1.54) is 12.1 Å². The third-order valence-electron chi connectivity index (χ3n) is 8.11. The molecule has 1 fully saturated rings. The number of hydrogen-bond acceptors (Lipinski definition) is 9. The number of thioether (sulfide) groups is 1. The Kier molecular flexibility index (Phi) is 8.12. The lowest BCUT2D eigenvalue weighted by molar-refractivity contribution is -0.122. The first-order chi connectivity index (χ1) is 22.8. The second-order valence-electron chi connectivity index (χ2n) is 11.0. The van der Waals surface area contributed by atoms with Gasteiger partial charge in [0.05, 0.1) is 28.8 Å². The zero-order chi connectivity index (χ0) is 32.7. The van der Waals surface area contributed by atoms with E-state index >= 15 is 0 Å². The molecule has 3 heterocycles. The summed E-state index contributed by atoms with van der Waals surface area (Å²) in [5.74, 6) is -2.92. The second-order valence-corrected chi connectivity index (χ2v) is 13.1. The number of thiazole rings is 1. The Morgan fingerprint density at radius 1 is 0.894 bits per heavy atom. The fraction of sp³-hybridized carbons (Fsp3) is 0.171. The molecule has 12 heteroatoms. The molecule has 236 valence electrons. The number of nitrogens with one attached hydrogen (secondary N) is 2. The third kappa shape index (κ3) is 5.70. The number of H-pyrrole nitrogens is 1. The molecule has 0 bridgehead atoms. The van der Waals surface area contributed by atoms with E-state index in [9.17, 15) is 24.0 Å². The van der Waals surface area contributed by atoms with Crippen molar-refractivity contribution < 1.29 is 28.7 Å². The molecule has 0 radical (unpaired) electrons. The molecule has 47 heavy (non-hydrogen) atoms. The number of imide groups is 1. The van der Waals surface area contributed by atoms with Crippen LogP contribution in [0.2, 0.25) is 0 Å². The minimum Gasteiger partial charge on any atom is -0.483 e. The van der Waals surface area contributed by atoms with Crippen LogP contribution in [0.4, 0.5) is 11.4 Å². The first-order valence-electron chi connectivity index (χ1n) is 14.9. The molecule has 0 saturated carbocycles. The highest BCUT2D eigenvalue weighted by Gasteiger charge is 2.56. The van der Waals surface area contributed by atoms with E-state index in [0.29, 0.717) is 38.2 Å². The number of amides is 3. The summed E-state index contributed by atoms with van der Waals surface area (Å²) in [5.41, 5.74) is 1.84. The second kappa shape index (κ2) is 12.5. The first-order valence-corrected chi connectivity index (χ1v) is 16.6. The lowest BCUT2D eigenvalue weighted by atomic mass is 9.82. The van der Waals surface area contributed by atoms with Gasteiger partial charge in [-0.05, 0) is 60.2 Å². The molecule has 0 spiro atoms. The van der Waals surface area contributed by atoms with Crippen LogP contribution in [0.25, 0.3) is 10.8 Å². The van der Waals surface area contributed by atoms with Gasteiger partial charge in [0.15, 0.2) is 6.61 Å². The van der Waals surface area contributed by atoms with E-state index in [1.807, 2.05) is 42.5 Å². The predicted octanol–water partition coefficient (Wildman–Crippen LogP) is 5.58. The number of hydrogen-bond donors (Lipinski definition) is 2. The van der Waals surface area contributed by atoms with Gasteiger partial charge in [-0.3, -0.25) is 19.2 Å². The molecule has 7 rings (SSSR count). The van der Waals surface area contributed by atoms with Gasteiger partial charge >= 0.3 is 10.8 Å². The maximum Gasteiger partial charge on any atom is 0.338 e. The van der Waals surface area contributed by atoms with E-state index in [1.54, 1.807) is 43.3 Å². The summed E-state index contributed by atoms with van der Waals surface area (Å²) >= 11 is 2.15. The van der Waals surface area contributed by atoms with Crippen molar-refractivity contribution in [1.29, 1.82) is 0 Å². The molecule has 3 amide bonds. The van der Waals surface area contributed by atoms with Crippen molar-refractivity contribution >= 4 is 68.9 Å². The van der Waals surface area contributed by atoms with Crippen LogP contribution in [-0.4, -0.2) is 47.1 Å². The number of para-hydroxylation sites is 1. The number of ether oxygens (including phenoxy) is 2. The molecule has 0 unspecified atom stereocenters. The molecule has 2 aliphatic heterocycles. The SMILES string of the molecule is CCOC(=O)c1ccc(N2C(=O)[C@H]3[C@H](c4ccccc4OCC(=O)Nc4ccc5ccccc5c4)c4sc(=O)[nH]c4S[C@H]3C2=O)cc1. The van der Waals surface area contributed by atoms with E-state index in [4.69, 9.17) is 9.47 Å². The number of benzene rings is 4. The largest absolute Gasteiger partial charge is 0.483 e. The Labute approximate surface area is 276 Å². The lowest BCUT2D eigenvalue weighted by Gasteiger charge is -2.30. The van der Waals surface area contributed by atoms with Crippen molar-refractivity contribution in [1.82, 2.24) is 4.98 Å². The summed E-state index contributed by atoms with van der Waals surface area (Å²) in [4.78, 5) is 70.0. The molecule has 2 aliphatic rings. The average molecular weight is 666 g/mol. The normalized spacial score (nSPS) is 18.5. The van der Waals surface area contributed by atoms with E-state index < -0.39 is 34.9 Å². The van der Waals surface area contributed by atoms with Crippen molar-refractivity contribution in [2.45, 2.75) is 23.1 Å². The Morgan fingerprint density at radius 2 is 1.64 bits per heavy atom. The van der Waals surface area contributed by atoms with Crippen LogP contribution >= 0.6 is 23.1 Å². The van der Waals surface area contributed by atoms with Crippen LogP contribution in [0.1, 0.15) is 33.6 Å². The van der Waals surface area contributed by atoms with Crippen molar-refractivity contribution in [2.24, 2.45) is 5.92 Å². The van der Waals surface area contributed by atoms with E-state index in [-0.39, 0.29) is 24.0 Å². The highest BCUT2D eigenvalue weighted by atomic mass is 32.2. The number of rotatable bonds is 8. The van der Waals surface area contributed by atoms with Crippen LogP contribution in [-0.2, 0) is 19.1 Å². The summed E-state index contributed by atoms with van der Waals surface area (Å²) in [7, 11) is 0. The molecular weight excluding hydrogens is 639 g/mol. The van der Waals surface area contributed by atoms with Crippen LogP contribution in [0.3, 0.4) is 0 Å². The standard InChI is InChI=1S/C35H27N3O7S2/c1-2-44-34(42)20-12-15-23(16-13-20)38-32(40)28-27(29-31(37-35(43)47-29)46-30(28)33(38)41)24-9-5-6-10-25(24)45-18-26(39)36-22-14-11-19-7-3-4-8-21(19)17-22/h3-17,27-28,30H,2,18H2,1H3,(H,36,39)(H,37,43)/t27-,28-,30+/m0/s1. The molecule has 3 atom stereocenters. The topological polar surface area (TPSA) is 135 Å². The number of aromatic nitrogens is 1. The fourth-order valence-electron chi connectivity index (χ4n) is 6.04. The molecule has 2 N–H and O–H groups in total. The van der Waals surface area contributed by atoms with Crippen LogP contribution < -0.4 is 19.8 Å². The van der Waals surface area contributed by atoms with Gasteiger partial charge in [-0.25, -0.2) is 9.69 Å². The quantitative estimate of drug-likeness (QED) is 0.162. The number of esters is 1. The Hall–Kier alpha value is -5.20. The smallest absolute Gasteiger partial charge is 0.338 e. The van der Waals surface area contributed by atoms with Crippen molar-refractivity contribution in [2.75, 3.05) is 23.4 Å². The van der Waals surface area contributed by atoms with Gasteiger partial charge in [0, 0.05) is 22.0 Å². The summed E-state index contributed by atoms with van der Waals surface area (Å²) in [6.07, 6.45) is 0. The molecule has 1 aromatic heterocycles. The zero-order valence-corrected chi connectivity index (χ0v) is 26.6. The van der Waals surface area contributed by atoms with Gasteiger partial charge in [-0.1, -0.05) is 71.6 Å². The minimum atomic E-state index is -0.854. The van der Waals surface area contributed by atoms with Crippen LogP contribution in [0, 0.1) is 5.92 Å². The van der Waals surface area contributed by atoms with Gasteiger partial charge in [0.1, 0.15) is 11.0 Å². The number of aromatic amines is 1. The molecular formula is C35H27N3O7S2. The van der Waals surface area contributed by atoms with Crippen molar-refractivity contribution in [3.05, 3.63) is 117 Å². The van der Waals surface area contributed by atoms with Gasteiger partial charge in [-0.15, -0.1) is 0 Å². The average Bonchev–Trinajstić information content (AvgIpc) is 3.57. The highest BCUT2D eigenvalue weighted by molar-refractivity contribution is 8.00. The van der Waals surface area contributed by atoms with Crippen molar-refractivity contribution in [3.63, 3.8) is 0 Å². The predicted molar refractivity (Wildman–Crippen MR) is 179 cm³/mol. The fourth-order valence-corrected chi connectivity index (χ4v) is 8.55. The summed E-state index contributed by atoms with van der Waals surface area (Å²) in [5, 5.41) is 4.61. The lowest BCUT2D eigenvalue weighted by Crippen LogP contribution is -2.32. The van der Waals surface area contributed by atoms with E-state index in [0.717, 1.165) is 38.8 Å². The van der Waals surface area contributed by atoms with Crippen molar-refractivity contribution in [3.8, 4) is 5.75 Å². The highest BCUT2D eigenvalue weighted by Crippen LogP contribution is 2.54. The monoisotopic (exact) mass is 665 g/mol. The summed E-state index contributed by atoms with van der Waals surface area (Å²) in [6.45, 7) is 1.62. The summed E-state index contributed by atoms with van der Waals surface area (Å²) < 4.78 is 11.1. The Morgan fingerprint density at radius 3 is 2.43 bits per heavy atom. The number of carbonyl (C=O) groups excluding carboxylic acids is 4. The maximum absolute atomic E-state index is 14.2. The van der Waals surface area contributed by atoms with Gasteiger partial charge in [0.2, 0.25) is 11.8 Å². The third-order valence-corrected chi connectivity index (χ3v) is 10.5. The molecule has 0 aliphatic carbocycles. The van der Waals surface area contributed by atoms with E-state index in [2.05, 4.69) is 10.3 Å². The Bertz CT molecular complexity index is 2110. The molecule has 10 nitrogen and oxygen atoms in total. The minimum absolute atomic E-state index is 0.220. The summed E-state index contributed by atoms with van der Waals surface area (Å²) in [6, 6.07) is 26.6.